The minimum Gasteiger partial charge on any atom is -0.115 e. The first-order valence-electron chi connectivity index (χ1n) is 23.8. The molecule has 0 saturated heterocycles. The van der Waals surface area contributed by atoms with Gasteiger partial charge in [-0.3, -0.25) is 0 Å². The molecule has 0 heteroatoms. The van der Waals surface area contributed by atoms with Crippen LogP contribution in [0.15, 0.2) is 218 Å². The van der Waals surface area contributed by atoms with E-state index in [1.54, 1.807) is 0 Å². The molecule has 326 valence electrons. The van der Waals surface area contributed by atoms with Crippen molar-refractivity contribution in [1.82, 2.24) is 0 Å². The smallest absolute Gasteiger partial charge is 0.0341 e. The Labute approximate surface area is 419 Å². The molecule has 12 rings (SSSR count). The van der Waals surface area contributed by atoms with Gasteiger partial charge in [0.2, 0.25) is 0 Å². The third kappa shape index (κ3) is 7.63. The maximum Gasteiger partial charge on any atom is 0.0341 e. The fourth-order valence-corrected chi connectivity index (χ4v) is 10.3. The molecule has 0 unspecified atom stereocenters. The average Bonchev–Trinajstić information content (AvgIpc) is 3.44. The zero-order chi connectivity index (χ0) is 48.4. The molecule has 12 aromatic carbocycles. The summed E-state index contributed by atoms with van der Waals surface area (Å²) in [5.74, 6) is 33.0. The number of terminal acetylenes is 2. The first kappa shape index (κ1) is 42.9. The molecule has 0 bridgehead atoms. The lowest BCUT2D eigenvalue weighted by Crippen LogP contribution is -1.93. The first-order valence-corrected chi connectivity index (χ1v) is 23.8. The van der Waals surface area contributed by atoms with Gasteiger partial charge in [-0.25, -0.2) is 0 Å². The quantitative estimate of drug-likeness (QED) is 0.155. The van der Waals surface area contributed by atoms with Crippen molar-refractivity contribution in [2.45, 2.75) is 0 Å². The van der Waals surface area contributed by atoms with Crippen LogP contribution in [0, 0.1) is 72.1 Å². The van der Waals surface area contributed by atoms with Gasteiger partial charge in [-0.1, -0.05) is 218 Å². The van der Waals surface area contributed by atoms with Crippen molar-refractivity contribution in [1.29, 1.82) is 0 Å². The number of hydrogen-bond donors (Lipinski definition) is 0. The molecule has 0 aliphatic heterocycles. The molecule has 12 aromatic rings. The summed E-state index contributed by atoms with van der Waals surface area (Å²) in [5, 5.41) is 13.1. The van der Waals surface area contributed by atoms with E-state index in [1.165, 1.54) is 0 Å². The van der Waals surface area contributed by atoms with Crippen LogP contribution in [0.5, 0.6) is 0 Å². The normalized spacial score (nSPS) is 10.6. The summed E-state index contributed by atoms with van der Waals surface area (Å²) in [4.78, 5) is 0. The first-order chi connectivity index (χ1) is 35.7. The lowest BCUT2D eigenvalue weighted by molar-refractivity contribution is 1.62. The third-order valence-corrected chi connectivity index (χ3v) is 13.5. The van der Waals surface area contributed by atoms with Crippen LogP contribution in [0.2, 0.25) is 0 Å². The molecular formula is C72H38. The summed E-state index contributed by atoms with van der Waals surface area (Å²) in [6.45, 7) is 0. The predicted molar refractivity (Wildman–Crippen MR) is 304 cm³/mol. The van der Waals surface area contributed by atoms with E-state index in [1.807, 2.05) is 12.1 Å². The Kier molecular flexibility index (Phi) is 11.1. The average molecular weight is 903 g/mol. The maximum absolute atomic E-state index is 6.20. The molecule has 0 heterocycles. The van der Waals surface area contributed by atoms with Crippen molar-refractivity contribution in [2.75, 3.05) is 0 Å². The zero-order valence-electron chi connectivity index (χ0n) is 38.9. The summed E-state index contributed by atoms with van der Waals surface area (Å²) in [7, 11) is 0. The molecule has 0 aliphatic rings. The number of fused-ring (bicyclic) bond motifs is 6. The minimum absolute atomic E-state index is 0.818. The third-order valence-electron chi connectivity index (χ3n) is 13.5. The van der Waals surface area contributed by atoms with Crippen molar-refractivity contribution in [3.8, 4) is 105 Å². The summed E-state index contributed by atoms with van der Waals surface area (Å²) >= 11 is 0. The maximum atomic E-state index is 6.20. The van der Waals surface area contributed by atoms with E-state index >= 15 is 0 Å². The highest BCUT2D eigenvalue weighted by atomic mass is 14.2. The lowest BCUT2D eigenvalue weighted by Gasteiger charge is -2.15. The van der Waals surface area contributed by atoms with E-state index in [0.717, 1.165) is 131 Å². The van der Waals surface area contributed by atoms with E-state index in [9.17, 15) is 0 Å². The van der Waals surface area contributed by atoms with Crippen molar-refractivity contribution in [3.05, 3.63) is 252 Å². The highest BCUT2D eigenvalue weighted by Crippen LogP contribution is 2.42. The van der Waals surface area contributed by atoms with Gasteiger partial charge in [0.15, 0.2) is 0 Å². The number of benzene rings is 12. The van der Waals surface area contributed by atoms with Crippen molar-refractivity contribution < 1.29 is 0 Å². The van der Waals surface area contributed by atoms with E-state index < -0.39 is 0 Å². The molecule has 0 atom stereocenters. The molecule has 0 spiro atoms. The monoisotopic (exact) mass is 902 g/mol. The Hall–Kier alpha value is -10.4. The molecule has 0 nitrogen and oxygen atoms in total. The van der Waals surface area contributed by atoms with Crippen LogP contribution in [-0.2, 0) is 0 Å². The Balaban J connectivity index is 1.01. The van der Waals surface area contributed by atoms with Gasteiger partial charge in [-0.05, 0) is 125 Å². The van der Waals surface area contributed by atoms with Crippen molar-refractivity contribution in [2.24, 2.45) is 0 Å². The number of rotatable bonds is 3. The van der Waals surface area contributed by atoms with E-state index in [-0.39, 0.29) is 0 Å². The summed E-state index contributed by atoms with van der Waals surface area (Å²) in [5.41, 5.74) is 11.0. The Bertz CT molecular complexity index is 4310. The van der Waals surface area contributed by atoms with Gasteiger partial charge in [-0.2, -0.15) is 0 Å². The molecule has 0 aliphatic carbocycles. The van der Waals surface area contributed by atoms with Gasteiger partial charge in [-0.15, -0.1) is 12.8 Å². The highest BCUT2D eigenvalue weighted by Gasteiger charge is 2.19. The van der Waals surface area contributed by atoms with E-state index in [0.29, 0.717) is 0 Å². The van der Waals surface area contributed by atoms with Gasteiger partial charge in [0.25, 0.3) is 0 Å². The van der Waals surface area contributed by atoms with Crippen LogP contribution in [0.3, 0.4) is 0 Å². The van der Waals surface area contributed by atoms with Crippen LogP contribution < -0.4 is 0 Å². The molecule has 72 heavy (non-hydrogen) atoms. The van der Waals surface area contributed by atoms with Crippen LogP contribution >= 0.6 is 0 Å². The largest absolute Gasteiger partial charge is 0.115 e. The van der Waals surface area contributed by atoms with E-state index in [4.69, 9.17) is 12.8 Å². The van der Waals surface area contributed by atoms with Gasteiger partial charge in [0.05, 0.1) is 0 Å². The second-order valence-electron chi connectivity index (χ2n) is 17.5. The Morgan fingerprint density at radius 3 is 0.583 bits per heavy atom. The van der Waals surface area contributed by atoms with Crippen LogP contribution in [-0.4, -0.2) is 0 Å². The lowest BCUT2D eigenvalue weighted by atomic mass is 9.87. The second-order valence-corrected chi connectivity index (χ2v) is 17.5. The molecule has 0 N–H and O–H groups in total. The zero-order valence-corrected chi connectivity index (χ0v) is 38.9. The van der Waals surface area contributed by atoms with E-state index in [2.05, 4.69) is 265 Å². The van der Waals surface area contributed by atoms with Gasteiger partial charge in [0.1, 0.15) is 0 Å². The topological polar surface area (TPSA) is 0 Å². The highest BCUT2D eigenvalue weighted by molar-refractivity contribution is 6.12. The molecule has 0 radical (unpaired) electrons. The second kappa shape index (κ2) is 18.6. The fourth-order valence-electron chi connectivity index (χ4n) is 10.3. The van der Waals surface area contributed by atoms with Crippen LogP contribution in [0.4, 0.5) is 0 Å². The summed E-state index contributed by atoms with van der Waals surface area (Å²) < 4.78 is 0. The molecular weight excluding hydrogens is 865 g/mol. The molecule has 0 saturated carbocycles. The standard InChI is InChI=1S/C72H38/c1-3-49-37-39-51-21-9-15-31-61(51)67(49)69-57(45-41-53-23-11-17-33-63(53)69)27-5-7-29-59-47-43-55-25-13-19-35-65(55)71(59)72-60(48-44-56-26-14-20-36-66(56)72)30-8-6-28-58-46-42-54-24-12-18-34-64(54)70(58)68-50(4-2)38-40-52-22-10-16-32-62(52)68/h1-2,9-26,31-48H. The number of hydrogen-bond acceptors (Lipinski definition) is 0. The molecule has 0 aromatic heterocycles. The fraction of sp³-hybridized carbons (Fsp3) is 0. The van der Waals surface area contributed by atoms with Gasteiger partial charge >= 0.3 is 0 Å². The van der Waals surface area contributed by atoms with Crippen LogP contribution in [0.25, 0.3) is 98.0 Å². The SMILES string of the molecule is C#Cc1ccc2ccccc2c1-c1c(C#CC#Cc2ccc3ccccc3c2-c2c(C#CC#Cc3ccc4ccccc4c3-c3c(C#C)ccc4ccccc34)ccc3ccccc23)ccc2ccccc12. The Morgan fingerprint density at radius 2 is 0.375 bits per heavy atom. The minimum atomic E-state index is 0.818. The molecule has 0 amide bonds. The van der Waals surface area contributed by atoms with Gasteiger partial charge < -0.3 is 0 Å². The summed E-state index contributed by atoms with van der Waals surface area (Å²) in [6, 6.07) is 75.5. The molecule has 0 fully saturated rings. The summed E-state index contributed by atoms with van der Waals surface area (Å²) in [6.07, 6.45) is 12.4. The Morgan fingerprint density at radius 1 is 0.194 bits per heavy atom. The van der Waals surface area contributed by atoms with Crippen molar-refractivity contribution >= 4 is 64.6 Å². The van der Waals surface area contributed by atoms with Crippen molar-refractivity contribution in [3.63, 3.8) is 0 Å². The van der Waals surface area contributed by atoms with Gasteiger partial charge in [0, 0.05) is 66.8 Å². The van der Waals surface area contributed by atoms with Crippen LogP contribution in [0.1, 0.15) is 33.4 Å². The predicted octanol–water partition coefficient (Wildman–Crippen LogP) is 16.4.